The lowest BCUT2D eigenvalue weighted by molar-refractivity contribution is -0.120. The Kier molecular flexibility index (Phi) is 3.07. The monoisotopic (exact) mass is 267 g/mol. The van der Waals surface area contributed by atoms with Gasteiger partial charge in [-0.15, -0.1) is 10.2 Å². The molecule has 6 heteroatoms. The maximum absolute atomic E-state index is 11.8. The van der Waals surface area contributed by atoms with Gasteiger partial charge in [-0.1, -0.05) is 24.2 Å². The van der Waals surface area contributed by atoms with Crippen molar-refractivity contribution in [2.24, 2.45) is 0 Å². The summed E-state index contributed by atoms with van der Waals surface area (Å²) in [6.45, 7) is 0. The minimum absolute atomic E-state index is 0.155. The molecule has 2 aliphatic carbocycles. The summed E-state index contributed by atoms with van der Waals surface area (Å²) in [4.78, 5) is 11.8. The van der Waals surface area contributed by atoms with Crippen molar-refractivity contribution in [3.8, 4) is 0 Å². The average molecular weight is 267 g/mol. The third kappa shape index (κ3) is 2.70. The molecule has 3 rings (SSSR count). The summed E-state index contributed by atoms with van der Waals surface area (Å²) in [5, 5.41) is 22.5. The minimum atomic E-state index is -0.798. The van der Waals surface area contributed by atoms with Crippen molar-refractivity contribution in [2.75, 3.05) is 5.32 Å². The third-order valence-corrected chi connectivity index (χ3v) is 4.64. The van der Waals surface area contributed by atoms with Crippen LogP contribution in [0.3, 0.4) is 0 Å². The lowest BCUT2D eigenvalue weighted by atomic mass is 9.98. The van der Waals surface area contributed by atoms with Gasteiger partial charge < -0.3 is 10.4 Å². The number of rotatable bonds is 4. The van der Waals surface area contributed by atoms with E-state index in [9.17, 15) is 9.90 Å². The predicted molar refractivity (Wildman–Crippen MR) is 68.5 cm³/mol. The predicted octanol–water partition coefficient (Wildman–Crippen LogP) is 2.05. The molecule has 1 amide bonds. The Bertz CT molecular complexity index is 450. The van der Waals surface area contributed by atoms with E-state index in [0.717, 1.165) is 30.7 Å². The van der Waals surface area contributed by atoms with Crippen LogP contribution in [-0.4, -0.2) is 26.8 Å². The van der Waals surface area contributed by atoms with Crippen LogP contribution < -0.4 is 5.32 Å². The number of hydrogen-bond donors (Lipinski definition) is 2. The Hall–Kier alpha value is -1.01. The van der Waals surface area contributed by atoms with Crippen molar-refractivity contribution in [3.63, 3.8) is 0 Å². The zero-order valence-electron chi connectivity index (χ0n) is 10.2. The fraction of sp³-hybridized carbons (Fsp3) is 0.750. The molecule has 2 N–H and O–H groups in total. The second kappa shape index (κ2) is 4.59. The summed E-state index contributed by atoms with van der Waals surface area (Å²) in [7, 11) is 0. The SMILES string of the molecule is O=C(CC1(O)CCCC1)Nc1nnc(C2CC2)s1. The smallest absolute Gasteiger partial charge is 0.229 e. The molecule has 18 heavy (non-hydrogen) atoms. The number of aliphatic hydroxyl groups is 1. The number of carbonyl (C=O) groups is 1. The minimum Gasteiger partial charge on any atom is -0.389 e. The number of nitrogens with one attached hydrogen (secondary N) is 1. The van der Waals surface area contributed by atoms with Gasteiger partial charge in [-0.05, 0) is 25.7 Å². The first-order chi connectivity index (χ1) is 8.65. The van der Waals surface area contributed by atoms with Crippen LogP contribution in [-0.2, 0) is 4.79 Å². The van der Waals surface area contributed by atoms with Crippen LogP contribution in [0.5, 0.6) is 0 Å². The van der Waals surface area contributed by atoms with E-state index in [1.165, 1.54) is 24.2 Å². The summed E-state index contributed by atoms with van der Waals surface area (Å²) >= 11 is 1.45. The van der Waals surface area contributed by atoms with Gasteiger partial charge in [0.05, 0.1) is 12.0 Å². The Balaban J connectivity index is 1.56. The van der Waals surface area contributed by atoms with Gasteiger partial charge in [-0.25, -0.2) is 0 Å². The number of carbonyl (C=O) groups excluding carboxylic acids is 1. The summed E-state index contributed by atoms with van der Waals surface area (Å²) in [6.07, 6.45) is 6.01. The highest BCUT2D eigenvalue weighted by molar-refractivity contribution is 7.15. The number of anilines is 1. The van der Waals surface area contributed by atoms with Crippen LogP contribution in [0.25, 0.3) is 0 Å². The van der Waals surface area contributed by atoms with Gasteiger partial charge in [0, 0.05) is 5.92 Å². The Labute approximate surface area is 110 Å². The molecule has 0 saturated heterocycles. The summed E-state index contributed by atoms with van der Waals surface area (Å²) in [6, 6.07) is 0. The molecule has 0 atom stereocenters. The molecule has 2 saturated carbocycles. The van der Waals surface area contributed by atoms with Crippen LogP contribution in [0.4, 0.5) is 5.13 Å². The van der Waals surface area contributed by atoms with E-state index < -0.39 is 5.60 Å². The van der Waals surface area contributed by atoms with Crippen LogP contribution in [0, 0.1) is 0 Å². The molecular weight excluding hydrogens is 250 g/mol. The van der Waals surface area contributed by atoms with Gasteiger partial charge in [0.15, 0.2) is 0 Å². The van der Waals surface area contributed by atoms with E-state index >= 15 is 0 Å². The number of nitrogens with zero attached hydrogens (tertiary/aromatic N) is 2. The van der Waals surface area contributed by atoms with Gasteiger partial charge in [-0.3, -0.25) is 4.79 Å². The molecule has 0 bridgehead atoms. The first kappa shape index (κ1) is 12.0. The van der Waals surface area contributed by atoms with Gasteiger partial charge in [0.2, 0.25) is 11.0 Å². The second-order valence-corrected chi connectivity index (χ2v) is 6.39. The van der Waals surface area contributed by atoms with E-state index in [-0.39, 0.29) is 12.3 Å². The Morgan fingerprint density at radius 2 is 2.11 bits per heavy atom. The van der Waals surface area contributed by atoms with Crippen molar-refractivity contribution < 1.29 is 9.90 Å². The van der Waals surface area contributed by atoms with Gasteiger partial charge in [0.1, 0.15) is 5.01 Å². The molecule has 0 unspecified atom stereocenters. The highest BCUT2D eigenvalue weighted by Crippen LogP contribution is 2.42. The Morgan fingerprint density at radius 3 is 2.78 bits per heavy atom. The quantitative estimate of drug-likeness (QED) is 0.875. The number of aromatic nitrogens is 2. The van der Waals surface area contributed by atoms with Crippen LogP contribution in [0.1, 0.15) is 55.9 Å². The summed E-state index contributed by atoms with van der Waals surface area (Å²) in [5.74, 6) is 0.407. The average Bonchev–Trinajstić information content (AvgIpc) is 2.93. The number of hydrogen-bond acceptors (Lipinski definition) is 5. The highest BCUT2D eigenvalue weighted by atomic mass is 32.1. The molecular formula is C12H17N3O2S. The van der Waals surface area contributed by atoms with E-state index in [1.807, 2.05) is 0 Å². The normalized spacial score (nSPS) is 22.1. The molecule has 2 fully saturated rings. The number of amides is 1. The van der Waals surface area contributed by atoms with Crippen molar-refractivity contribution >= 4 is 22.4 Å². The largest absolute Gasteiger partial charge is 0.389 e. The molecule has 1 aromatic rings. The molecule has 5 nitrogen and oxygen atoms in total. The topological polar surface area (TPSA) is 75.1 Å². The molecule has 0 radical (unpaired) electrons. The lowest BCUT2D eigenvalue weighted by Gasteiger charge is -2.20. The summed E-state index contributed by atoms with van der Waals surface area (Å²) < 4.78 is 0. The van der Waals surface area contributed by atoms with E-state index in [1.54, 1.807) is 0 Å². The first-order valence-corrected chi connectivity index (χ1v) is 7.32. The standard InChI is InChI=1S/C12H17N3O2S/c16-9(7-12(17)5-1-2-6-12)13-11-15-14-10(18-11)8-3-4-8/h8,17H,1-7H2,(H,13,15,16). The first-order valence-electron chi connectivity index (χ1n) is 6.50. The van der Waals surface area contributed by atoms with E-state index in [4.69, 9.17) is 0 Å². The van der Waals surface area contributed by atoms with Crippen molar-refractivity contribution in [1.82, 2.24) is 10.2 Å². The highest BCUT2D eigenvalue weighted by Gasteiger charge is 2.34. The molecule has 0 aromatic carbocycles. The maximum atomic E-state index is 11.8. The zero-order valence-corrected chi connectivity index (χ0v) is 11.0. The lowest BCUT2D eigenvalue weighted by Crippen LogP contribution is -2.30. The van der Waals surface area contributed by atoms with Gasteiger partial charge in [-0.2, -0.15) is 0 Å². The van der Waals surface area contributed by atoms with Crippen LogP contribution in [0.2, 0.25) is 0 Å². The van der Waals surface area contributed by atoms with Crippen LogP contribution in [0.15, 0.2) is 0 Å². The second-order valence-electron chi connectivity index (χ2n) is 5.38. The summed E-state index contributed by atoms with van der Waals surface area (Å²) in [5.41, 5.74) is -0.798. The molecule has 2 aliphatic rings. The Morgan fingerprint density at radius 1 is 1.39 bits per heavy atom. The van der Waals surface area contributed by atoms with Gasteiger partial charge in [0.25, 0.3) is 0 Å². The fourth-order valence-corrected chi connectivity index (χ4v) is 3.38. The van der Waals surface area contributed by atoms with E-state index in [2.05, 4.69) is 15.5 Å². The van der Waals surface area contributed by atoms with Crippen molar-refractivity contribution in [1.29, 1.82) is 0 Å². The molecule has 1 heterocycles. The van der Waals surface area contributed by atoms with Crippen molar-refractivity contribution in [2.45, 2.75) is 56.5 Å². The van der Waals surface area contributed by atoms with Gasteiger partial charge >= 0.3 is 0 Å². The molecule has 0 spiro atoms. The molecule has 1 aromatic heterocycles. The molecule has 98 valence electrons. The zero-order chi connectivity index (χ0) is 12.6. The third-order valence-electron chi connectivity index (χ3n) is 3.64. The molecule has 0 aliphatic heterocycles. The maximum Gasteiger partial charge on any atom is 0.229 e. The van der Waals surface area contributed by atoms with Crippen LogP contribution >= 0.6 is 11.3 Å². The van der Waals surface area contributed by atoms with E-state index in [0.29, 0.717) is 11.0 Å². The van der Waals surface area contributed by atoms with Crippen molar-refractivity contribution in [3.05, 3.63) is 5.01 Å². The fourth-order valence-electron chi connectivity index (χ4n) is 2.45.